The molecule has 0 atom stereocenters. The number of rotatable bonds is 2. The number of benzene rings is 2. The second-order valence-electron chi connectivity index (χ2n) is 6.90. The average molecular weight is 354 g/mol. The second kappa shape index (κ2) is 5.74. The minimum absolute atomic E-state index is 0.684. The molecule has 6 heteroatoms. The highest BCUT2D eigenvalue weighted by Crippen LogP contribution is 2.24. The molecule has 0 radical (unpaired) electrons. The van der Waals surface area contributed by atoms with E-state index >= 15 is 0 Å². The van der Waals surface area contributed by atoms with E-state index in [1.54, 1.807) is 10.8 Å². The summed E-state index contributed by atoms with van der Waals surface area (Å²) in [4.78, 5) is 9.33. The van der Waals surface area contributed by atoms with Crippen LogP contribution in [0.4, 0.5) is 0 Å². The zero-order valence-corrected chi connectivity index (χ0v) is 15.4. The monoisotopic (exact) mass is 354 g/mol. The van der Waals surface area contributed by atoms with Gasteiger partial charge in [-0.1, -0.05) is 47.5 Å². The molecule has 0 spiro atoms. The fourth-order valence-corrected chi connectivity index (χ4v) is 3.37. The Hall–Kier alpha value is -3.54. The lowest BCUT2D eigenvalue weighted by Crippen LogP contribution is -2.01. The Morgan fingerprint density at radius 3 is 2.41 bits per heavy atom. The molecular formula is C21H18N6. The predicted octanol–water partition coefficient (Wildman–Crippen LogP) is 4.06. The van der Waals surface area contributed by atoms with Gasteiger partial charge in [-0.3, -0.25) is 0 Å². The van der Waals surface area contributed by atoms with Crippen molar-refractivity contribution in [3.63, 3.8) is 0 Å². The van der Waals surface area contributed by atoms with Crippen molar-refractivity contribution < 1.29 is 0 Å². The van der Waals surface area contributed by atoms with Crippen molar-refractivity contribution in [2.45, 2.75) is 20.8 Å². The van der Waals surface area contributed by atoms with Crippen LogP contribution in [0.1, 0.15) is 16.7 Å². The molecule has 2 aromatic carbocycles. The molecule has 0 saturated heterocycles. The minimum atomic E-state index is 0.684. The van der Waals surface area contributed by atoms with E-state index in [1.165, 1.54) is 11.1 Å². The van der Waals surface area contributed by atoms with Crippen molar-refractivity contribution in [2.75, 3.05) is 0 Å². The molecule has 5 aromatic rings. The van der Waals surface area contributed by atoms with Crippen LogP contribution < -0.4 is 0 Å². The maximum atomic E-state index is 4.74. The number of hydrogen-bond acceptors (Lipinski definition) is 4. The summed E-state index contributed by atoms with van der Waals surface area (Å²) < 4.78 is 3.58. The average Bonchev–Trinajstić information content (AvgIpc) is 3.26. The lowest BCUT2D eigenvalue weighted by Gasteiger charge is -2.07. The molecule has 5 rings (SSSR count). The highest BCUT2D eigenvalue weighted by atomic mass is 15.3. The van der Waals surface area contributed by atoms with E-state index in [0.717, 1.165) is 33.5 Å². The van der Waals surface area contributed by atoms with Crippen LogP contribution in [0.2, 0.25) is 0 Å². The van der Waals surface area contributed by atoms with Crippen molar-refractivity contribution in [1.29, 1.82) is 0 Å². The predicted molar refractivity (Wildman–Crippen MR) is 105 cm³/mol. The van der Waals surface area contributed by atoms with Crippen LogP contribution in [0, 0.1) is 20.8 Å². The van der Waals surface area contributed by atoms with Crippen molar-refractivity contribution in [1.82, 2.24) is 29.4 Å². The zero-order valence-electron chi connectivity index (χ0n) is 15.4. The molecule has 3 heterocycles. The molecule has 0 aliphatic carbocycles. The van der Waals surface area contributed by atoms with E-state index in [4.69, 9.17) is 4.98 Å². The summed E-state index contributed by atoms with van der Waals surface area (Å²) in [5, 5.41) is 10.0. The normalized spacial score (nSPS) is 11.5. The number of hydrogen-bond donors (Lipinski definition) is 0. The molecule has 0 bridgehead atoms. The third kappa shape index (κ3) is 2.49. The fourth-order valence-electron chi connectivity index (χ4n) is 3.37. The standard InChI is InChI=1S/C21H18N6/c1-13-4-7-16(8-5-13)19-24-21-17-11-23-27(20(17)22-12-26(21)25-19)18-9-6-14(2)10-15(18)3/h4-12H,1-3H3. The first kappa shape index (κ1) is 15.7. The summed E-state index contributed by atoms with van der Waals surface area (Å²) in [6.07, 6.45) is 3.51. The topological polar surface area (TPSA) is 60.9 Å². The Balaban J connectivity index is 1.70. The Bertz CT molecular complexity index is 1290. The van der Waals surface area contributed by atoms with Gasteiger partial charge in [0, 0.05) is 5.56 Å². The van der Waals surface area contributed by atoms with Crippen molar-refractivity contribution in [3.05, 3.63) is 71.7 Å². The Kier molecular flexibility index (Phi) is 3.33. The van der Waals surface area contributed by atoms with Crippen LogP contribution in [0.5, 0.6) is 0 Å². The van der Waals surface area contributed by atoms with Gasteiger partial charge < -0.3 is 0 Å². The van der Waals surface area contributed by atoms with E-state index in [-0.39, 0.29) is 0 Å². The molecule has 0 unspecified atom stereocenters. The molecule has 0 amide bonds. The van der Waals surface area contributed by atoms with E-state index in [1.807, 2.05) is 23.0 Å². The van der Waals surface area contributed by atoms with E-state index in [2.05, 4.69) is 66.3 Å². The summed E-state index contributed by atoms with van der Waals surface area (Å²) in [6, 6.07) is 14.5. The molecule has 0 fully saturated rings. The first-order valence-electron chi connectivity index (χ1n) is 8.84. The number of fused-ring (bicyclic) bond motifs is 3. The van der Waals surface area contributed by atoms with Gasteiger partial charge in [-0.25, -0.2) is 19.2 Å². The van der Waals surface area contributed by atoms with Gasteiger partial charge in [0.25, 0.3) is 0 Å². The maximum absolute atomic E-state index is 4.74. The summed E-state index contributed by atoms with van der Waals surface area (Å²) >= 11 is 0. The maximum Gasteiger partial charge on any atom is 0.182 e. The summed E-state index contributed by atoms with van der Waals surface area (Å²) in [5.41, 5.74) is 7.13. The Labute approximate surface area is 156 Å². The van der Waals surface area contributed by atoms with Gasteiger partial charge in [0.15, 0.2) is 17.1 Å². The molecule has 0 aliphatic rings. The molecule has 6 nitrogen and oxygen atoms in total. The molecule has 0 N–H and O–H groups in total. The van der Waals surface area contributed by atoms with Crippen LogP contribution in [-0.2, 0) is 0 Å². The highest BCUT2D eigenvalue weighted by Gasteiger charge is 2.15. The van der Waals surface area contributed by atoms with E-state index < -0.39 is 0 Å². The molecule has 27 heavy (non-hydrogen) atoms. The van der Waals surface area contributed by atoms with Crippen LogP contribution in [0.15, 0.2) is 55.0 Å². The van der Waals surface area contributed by atoms with Gasteiger partial charge in [-0.05, 0) is 32.4 Å². The number of aryl methyl sites for hydroxylation is 3. The number of aromatic nitrogens is 6. The second-order valence-corrected chi connectivity index (χ2v) is 6.90. The van der Waals surface area contributed by atoms with Gasteiger partial charge in [-0.2, -0.15) is 5.10 Å². The molecular weight excluding hydrogens is 336 g/mol. The highest BCUT2D eigenvalue weighted by molar-refractivity contribution is 5.90. The largest absolute Gasteiger partial charge is 0.216 e. The van der Waals surface area contributed by atoms with Gasteiger partial charge in [0.05, 0.1) is 17.3 Å². The summed E-state index contributed by atoms with van der Waals surface area (Å²) in [5.74, 6) is 0.684. The van der Waals surface area contributed by atoms with Gasteiger partial charge >= 0.3 is 0 Å². The first-order valence-corrected chi connectivity index (χ1v) is 8.84. The summed E-state index contributed by atoms with van der Waals surface area (Å²) in [7, 11) is 0. The van der Waals surface area contributed by atoms with Gasteiger partial charge in [0.1, 0.15) is 6.33 Å². The zero-order chi connectivity index (χ0) is 18.5. The van der Waals surface area contributed by atoms with Crippen molar-refractivity contribution in [2.24, 2.45) is 0 Å². The third-order valence-electron chi connectivity index (χ3n) is 4.80. The lowest BCUT2D eigenvalue weighted by molar-refractivity contribution is 0.876. The van der Waals surface area contributed by atoms with Crippen LogP contribution in [0.25, 0.3) is 33.8 Å². The minimum Gasteiger partial charge on any atom is -0.216 e. The molecule has 3 aromatic heterocycles. The molecule has 132 valence electrons. The SMILES string of the molecule is Cc1ccc(-c2nc3c4cnn(-c5ccc(C)cc5C)c4ncn3n2)cc1. The Morgan fingerprint density at radius 2 is 1.63 bits per heavy atom. The number of nitrogens with zero attached hydrogens (tertiary/aromatic N) is 6. The van der Waals surface area contributed by atoms with Gasteiger partial charge in [-0.15, -0.1) is 5.10 Å². The van der Waals surface area contributed by atoms with Crippen LogP contribution in [0.3, 0.4) is 0 Å². The smallest absolute Gasteiger partial charge is 0.182 e. The van der Waals surface area contributed by atoms with E-state index in [0.29, 0.717) is 5.82 Å². The quantitative estimate of drug-likeness (QED) is 0.480. The third-order valence-corrected chi connectivity index (χ3v) is 4.80. The van der Waals surface area contributed by atoms with Crippen LogP contribution >= 0.6 is 0 Å². The van der Waals surface area contributed by atoms with Gasteiger partial charge in [0.2, 0.25) is 0 Å². The van der Waals surface area contributed by atoms with Crippen molar-refractivity contribution in [3.8, 4) is 17.1 Å². The molecule has 0 aliphatic heterocycles. The molecule has 0 saturated carbocycles. The van der Waals surface area contributed by atoms with E-state index in [9.17, 15) is 0 Å². The first-order chi connectivity index (χ1) is 13.1. The van der Waals surface area contributed by atoms with Crippen molar-refractivity contribution >= 4 is 16.7 Å². The Morgan fingerprint density at radius 1 is 0.852 bits per heavy atom. The fraction of sp³-hybridized carbons (Fsp3) is 0.143. The van der Waals surface area contributed by atoms with Crippen LogP contribution in [-0.4, -0.2) is 29.4 Å². The lowest BCUT2D eigenvalue weighted by atomic mass is 10.1. The summed E-state index contributed by atoms with van der Waals surface area (Å²) in [6.45, 7) is 6.24.